The fourth-order valence-electron chi connectivity index (χ4n) is 4.09. The van der Waals surface area contributed by atoms with Crippen molar-refractivity contribution in [2.75, 3.05) is 49.3 Å². The van der Waals surface area contributed by atoms with Gasteiger partial charge in [-0.05, 0) is 25.0 Å². The lowest BCUT2D eigenvalue weighted by atomic mass is 9.94. The number of benzene rings is 1. The maximum atomic E-state index is 13.0. The van der Waals surface area contributed by atoms with Gasteiger partial charge in [0, 0.05) is 50.5 Å². The number of anilines is 2. The number of hydrogen-bond acceptors (Lipinski definition) is 8. The molecule has 2 fully saturated rings. The molecule has 3 heterocycles. The van der Waals surface area contributed by atoms with Crippen molar-refractivity contribution in [3.63, 3.8) is 0 Å². The summed E-state index contributed by atoms with van der Waals surface area (Å²) >= 11 is 2.89. The number of amides is 3. The second kappa shape index (κ2) is 11.1. The lowest BCUT2D eigenvalue weighted by Crippen LogP contribution is -2.44. The molecule has 0 bridgehead atoms. The summed E-state index contributed by atoms with van der Waals surface area (Å²) in [5.41, 5.74) is 0.824. The number of carbonyl (C=O) groups excluding carboxylic acids is 3. The first-order valence-electron chi connectivity index (χ1n) is 11.0. The van der Waals surface area contributed by atoms with E-state index in [1.165, 1.54) is 23.1 Å². The number of likely N-dealkylation sites (tertiary alicyclic amines) is 1. The molecule has 3 amide bonds. The highest BCUT2D eigenvalue weighted by Crippen LogP contribution is 2.29. The van der Waals surface area contributed by atoms with Crippen LogP contribution >= 0.6 is 23.1 Å². The first-order valence-corrected chi connectivity index (χ1v) is 12.8. The van der Waals surface area contributed by atoms with Gasteiger partial charge in [-0.2, -0.15) is 0 Å². The number of nitrogens with zero attached hydrogens (tertiary/aromatic N) is 4. The zero-order valence-electron chi connectivity index (χ0n) is 18.4. The van der Waals surface area contributed by atoms with Gasteiger partial charge in [0.2, 0.25) is 22.9 Å². The zero-order valence-corrected chi connectivity index (χ0v) is 20.1. The molecule has 0 saturated carbocycles. The van der Waals surface area contributed by atoms with Gasteiger partial charge in [-0.25, -0.2) is 0 Å². The van der Waals surface area contributed by atoms with Gasteiger partial charge >= 0.3 is 0 Å². The average Bonchev–Trinajstić information content (AvgIpc) is 3.45. The molecule has 2 aliphatic heterocycles. The van der Waals surface area contributed by atoms with Crippen LogP contribution in [0.15, 0.2) is 34.7 Å². The molecule has 11 heteroatoms. The third-order valence-electron chi connectivity index (χ3n) is 5.87. The number of nitrogens with one attached hydrogen (secondary N) is 1. The van der Waals surface area contributed by atoms with E-state index in [0.29, 0.717) is 44.2 Å². The Bertz CT molecular complexity index is 978. The molecule has 0 aliphatic carbocycles. The Labute approximate surface area is 200 Å². The van der Waals surface area contributed by atoms with Crippen molar-refractivity contribution in [2.24, 2.45) is 11.8 Å². The summed E-state index contributed by atoms with van der Waals surface area (Å²) in [6.07, 6.45) is 1.42. The van der Waals surface area contributed by atoms with Crippen LogP contribution in [0.1, 0.15) is 19.3 Å². The summed E-state index contributed by atoms with van der Waals surface area (Å²) in [4.78, 5) is 41.6. The summed E-state index contributed by atoms with van der Waals surface area (Å²) in [5, 5.41) is 11.5. The maximum Gasteiger partial charge on any atom is 0.229 e. The van der Waals surface area contributed by atoms with Crippen LogP contribution in [0.25, 0.3) is 0 Å². The van der Waals surface area contributed by atoms with Gasteiger partial charge in [-0.1, -0.05) is 41.3 Å². The highest BCUT2D eigenvalue weighted by molar-refractivity contribution is 8.01. The molecule has 2 aromatic rings. The molecule has 1 aromatic heterocycles. The van der Waals surface area contributed by atoms with Gasteiger partial charge < -0.3 is 19.9 Å². The van der Waals surface area contributed by atoms with Crippen LogP contribution in [-0.4, -0.2) is 71.9 Å². The Hall–Kier alpha value is -2.50. The van der Waals surface area contributed by atoms with Crippen molar-refractivity contribution in [3.05, 3.63) is 30.3 Å². The molecule has 0 spiro atoms. The smallest absolute Gasteiger partial charge is 0.229 e. The number of hydrogen-bond donors (Lipinski definition) is 1. The highest BCUT2D eigenvalue weighted by atomic mass is 32.2. The van der Waals surface area contributed by atoms with Gasteiger partial charge in [0.1, 0.15) is 0 Å². The van der Waals surface area contributed by atoms with E-state index in [2.05, 4.69) is 15.5 Å². The Kier molecular flexibility index (Phi) is 7.94. The summed E-state index contributed by atoms with van der Waals surface area (Å²) in [6.45, 7) is 2.06. The lowest BCUT2D eigenvalue weighted by Gasteiger charge is -2.32. The summed E-state index contributed by atoms with van der Waals surface area (Å²) < 4.78 is 5.81. The van der Waals surface area contributed by atoms with Crippen molar-refractivity contribution in [3.8, 4) is 0 Å². The van der Waals surface area contributed by atoms with E-state index < -0.39 is 0 Å². The van der Waals surface area contributed by atoms with E-state index in [1.807, 2.05) is 30.3 Å². The largest absolute Gasteiger partial charge is 0.384 e. The van der Waals surface area contributed by atoms with Crippen molar-refractivity contribution in [1.29, 1.82) is 0 Å². The molecule has 176 valence electrons. The van der Waals surface area contributed by atoms with E-state index in [-0.39, 0.29) is 36.0 Å². The number of ether oxygens (including phenoxy) is 1. The Morgan fingerprint density at radius 2 is 1.94 bits per heavy atom. The number of thioether (sulfide) groups is 1. The monoisotopic (exact) mass is 489 g/mol. The van der Waals surface area contributed by atoms with E-state index >= 15 is 0 Å². The van der Waals surface area contributed by atoms with Crippen LogP contribution in [0.5, 0.6) is 0 Å². The van der Waals surface area contributed by atoms with Gasteiger partial charge in [-0.3, -0.25) is 14.4 Å². The van der Waals surface area contributed by atoms with Gasteiger partial charge in [-0.15, -0.1) is 10.2 Å². The van der Waals surface area contributed by atoms with E-state index in [4.69, 9.17) is 4.74 Å². The standard InChI is InChI=1S/C22H27N5O4S2/c1-31-11-12-32-22-25-24-21(33-22)23-19(29)15-7-9-26(10-8-15)20(30)16-13-18(28)27(14-16)17-5-3-2-4-6-17/h2-6,15-16H,7-14H2,1H3,(H,23,24,29). The van der Waals surface area contributed by atoms with Crippen LogP contribution < -0.4 is 10.2 Å². The number of piperidine rings is 1. The van der Waals surface area contributed by atoms with Crippen LogP contribution in [-0.2, 0) is 19.1 Å². The molecule has 1 aromatic carbocycles. The zero-order chi connectivity index (χ0) is 23.2. The molecular formula is C22H27N5O4S2. The molecule has 1 N–H and O–H groups in total. The molecule has 1 unspecified atom stereocenters. The fraction of sp³-hybridized carbons (Fsp3) is 0.500. The first-order chi connectivity index (χ1) is 16.0. The lowest BCUT2D eigenvalue weighted by molar-refractivity contribution is -0.138. The molecule has 2 saturated heterocycles. The number of aromatic nitrogens is 2. The predicted octanol–water partition coefficient (Wildman–Crippen LogP) is 2.51. The molecule has 9 nitrogen and oxygen atoms in total. The summed E-state index contributed by atoms with van der Waals surface area (Å²) in [6, 6.07) is 9.44. The second-order valence-corrected chi connectivity index (χ2v) is 10.4. The maximum absolute atomic E-state index is 13.0. The molecule has 2 aliphatic rings. The van der Waals surface area contributed by atoms with E-state index in [9.17, 15) is 14.4 Å². The Balaban J connectivity index is 1.24. The second-order valence-electron chi connectivity index (χ2n) is 8.04. The molecule has 1 atom stereocenters. The number of methoxy groups -OCH3 is 1. The van der Waals surface area contributed by atoms with Gasteiger partial charge in [0.25, 0.3) is 0 Å². The number of carbonyl (C=O) groups is 3. The first kappa shape index (κ1) is 23.7. The normalized spacial score (nSPS) is 19.2. The number of rotatable bonds is 8. The van der Waals surface area contributed by atoms with Crippen LogP contribution in [0.3, 0.4) is 0 Å². The van der Waals surface area contributed by atoms with Crippen LogP contribution in [0.4, 0.5) is 10.8 Å². The van der Waals surface area contributed by atoms with Crippen LogP contribution in [0.2, 0.25) is 0 Å². The Morgan fingerprint density at radius 3 is 2.67 bits per heavy atom. The van der Waals surface area contributed by atoms with Crippen molar-refractivity contribution in [1.82, 2.24) is 15.1 Å². The minimum Gasteiger partial charge on any atom is -0.384 e. The predicted molar refractivity (Wildman–Crippen MR) is 127 cm³/mol. The minimum atomic E-state index is -0.335. The fourth-order valence-corrected chi connectivity index (χ4v) is 5.82. The van der Waals surface area contributed by atoms with E-state index in [1.54, 1.807) is 16.9 Å². The average molecular weight is 490 g/mol. The Morgan fingerprint density at radius 1 is 1.18 bits per heavy atom. The minimum absolute atomic E-state index is 0.00230. The molecule has 4 rings (SSSR count). The van der Waals surface area contributed by atoms with Crippen molar-refractivity contribution < 1.29 is 19.1 Å². The SMILES string of the molecule is COCCSc1nnc(NC(=O)C2CCN(C(=O)C3CC(=O)N(c4ccccc4)C3)CC2)s1. The topological polar surface area (TPSA) is 105 Å². The summed E-state index contributed by atoms with van der Waals surface area (Å²) in [7, 11) is 1.65. The quantitative estimate of drug-likeness (QED) is 0.345. The van der Waals surface area contributed by atoms with Gasteiger partial charge in [0.15, 0.2) is 4.34 Å². The summed E-state index contributed by atoms with van der Waals surface area (Å²) in [5.74, 6) is 0.166. The van der Waals surface area contributed by atoms with E-state index in [0.717, 1.165) is 15.8 Å². The van der Waals surface area contributed by atoms with Gasteiger partial charge in [0.05, 0.1) is 12.5 Å². The molecule has 0 radical (unpaired) electrons. The molecular weight excluding hydrogens is 462 g/mol. The van der Waals surface area contributed by atoms with Crippen molar-refractivity contribution in [2.45, 2.75) is 23.6 Å². The van der Waals surface area contributed by atoms with Crippen molar-refractivity contribution >= 4 is 51.6 Å². The third kappa shape index (κ3) is 5.90. The highest BCUT2D eigenvalue weighted by Gasteiger charge is 2.38. The van der Waals surface area contributed by atoms with Crippen LogP contribution in [0, 0.1) is 11.8 Å². The third-order valence-corrected chi connectivity index (χ3v) is 7.81. The number of para-hydroxylation sites is 1. The molecule has 33 heavy (non-hydrogen) atoms.